The van der Waals surface area contributed by atoms with E-state index in [4.69, 9.17) is 14.8 Å². The van der Waals surface area contributed by atoms with Crippen molar-refractivity contribution in [1.82, 2.24) is 5.32 Å². The van der Waals surface area contributed by atoms with Crippen molar-refractivity contribution in [1.29, 1.82) is 0 Å². The summed E-state index contributed by atoms with van der Waals surface area (Å²) in [5.41, 5.74) is 5.38. The highest BCUT2D eigenvalue weighted by atomic mass is 31.2. The highest BCUT2D eigenvalue weighted by Gasteiger charge is 2.26. The van der Waals surface area contributed by atoms with Crippen molar-refractivity contribution in [2.75, 3.05) is 19.8 Å². The number of rotatable bonds is 45. The Morgan fingerprint density at radius 3 is 1.35 bits per heavy atom. The molecule has 9 heteroatoms. The van der Waals surface area contributed by atoms with Crippen molar-refractivity contribution >= 4 is 13.7 Å². The highest BCUT2D eigenvalue weighted by molar-refractivity contribution is 7.47. The normalized spacial score (nSPS) is 14.3. The van der Waals surface area contributed by atoms with Crippen LogP contribution < -0.4 is 11.1 Å². The third-order valence-corrected chi connectivity index (χ3v) is 11.7. The van der Waals surface area contributed by atoms with Gasteiger partial charge in [-0.25, -0.2) is 4.57 Å². The quantitative estimate of drug-likeness (QED) is 0.0273. The topological polar surface area (TPSA) is 131 Å². The predicted octanol–water partition coefficient (Wildman–Crippen LogP) is 13.9. The van der Waals surface area contributed by atoms with Crippen molar-refractivity contribution in [2.24, 2.45) is 5.73 Å². The molecule has 0 saturated heterocycles. The van der Waals surface area contributed by atoms with Crippen LogP contribution in [0, 0.1) is 0 Å². The van der Waals surface area contributed by atoms with E-state index in [0.717, 1.165) is 38.5 Å². The van der Waals surface area contributed by atoms with Crippen LogP contribution in [-0.2, 0) is 18.4 Å². The van der Waals surface area contributed by atoms with Crippen LogP contribution in [0.3, 0.4) is 0 Å². The maximum atomic E-state index is 12.8. The second kappa shape index (κ2) is 44.3. The van der Waals surface area contributed by atoms with E-state index in [1.807, 2.05) is 6.08 Å². The SMILES string of the molecule is CCCCCCCCCC/C=C\CCCCCCCCCCCCCC(=O)NC(COP(=O)(O)OCCN)C(O)/C=C/CC/C=C/CCCCCCCCCCC. The zero-order chi connectivity index (χ0) is 41.8. The Labute approximate surface area is 352 Å². The summed E-state index contributed by atoms with van der Waals surface area (Å²) in [6.45, 7) is 4.13. The van der Waals surface area contributed by atoms with Gasteiger partial charge in [-0.15, -0.1) is 0 Å². The van der Waals surface area contributed by atoms with Crippen molar-refractivity contribution in [3.8, 4) is 0 Å². The summed E-state index contributed by atoms with van der Waals surface area (Å²) in [5, 5.41) is 13.7. The minimum absolute atomic E-state index is 0.0742. The smallest absolute Gasteiger partial charge is 0.387 e. The maximum Gasteiger partial charge on any atom is 0.472 e. The molecule has 0 aromatic carbocycles. The summed E-state index contributed by atoms with van der Waals surface area (Å²) in [6.07, 6.45) is 53.5. The van der Waals surface area contributed by atoms with Gasteiger partial charge in [0.05, 0.1) is 25.4 Å². The molecule has 0 aliphatic heterocycles. The van der Waals surface area contributed by atoms with E-state index < -0.39 is 20.0 Å². The van der Waals surface area contributed by atoms with Crippen LogP contribution in [0.5, 0.6) is 0 Å². The Bertz CT molecular complexity index is 990. The molecule has 0 radical (unpaired) electrons. The summed E-state index contributed by atoms with van der Waals surface area (Å²) in [5.74, 6) is -0.204. The Kier molecular flexibility index (Phi) is 43.3. The van der Waals surface area contributed by atoms with E-state index in [2.05, 4.69) is 43.5 Å². The Morgan fingerprint density at radius 2 is 0.930 bits per heavy atom. The number of nitrogens with one attached hydrogen (secondary N) is 1. The van der Waals surface area contributed by atoms with E-state index in [9.17, 15) is 19.4 Å². The van der Waals surface area contributed by atoms with Gasteiger partial charge < -0.3 is 21.1 Å². The van der Waals surface area contributed by atoms with E-state index in [1.54, 1.807) is 6.08 Å². The Hall–Kier alpha value is -1.28. The fourth-order valence-corrected chi connectivity index (χ4v) is 7.79. The van der Waals surface area contributed by atoms with E-state index in [0.29, 0.717) is 6.42 Å². The van der Waals surface area contributed by atoms with Gasteiger partial charge in [-0.1, -0.05) is 204 Å². The molecular weight excluding hydrogens is 732 g/mol. The molecule has 57 heavy (non-hydrogen) atoms. The molecule has 3 atom stereocenters. The average molecular weight is 825 g/mol. The van der Waals surface area contributed by atoms with Gasteiger partial charge in [0.15, 0.2) is 0 Å². The summed E-state index contributed by atoms with van der Waals surface area (Å²) < 4.78 is 22.1. The first-order valence-electron chi connectivity index (χ1n) is 24.1. The van der Waals surface area contributed by atoms with Crippen molar-refractivity contribution in [3.63, 3.8) is 0 Å². The lowest BCUT2D eigenvalue weighted by atomic mass is 10.0. The number of aliphatic hydroxyl groups excluding tert-OH is 1. The summed E-state index contributed by atoms with van der Waals surface area (Å²) in [6, 6.07) is -0.876. The number of nitrogens with two attached hydrogens (primary N) is 1. The standard InChI is InChI=1S/C48H93N2O6P/c1-3-5-7-9-11-13-15-17-19-20-21-22-23-24-25-26-28-30-32-34-36-38-40-42-48(52)50-46(45-56-57(53,54)55-44-43-49)47(51)41-39-37-35-33-31-29-27-18-16-14-12-10-8-6-4-2/h20-21,31,33,39,41,46-47,51H,3-19,22-30,32,34-38,40,42-45,49H2,1-2H3,(H,50,52)(H,53,54)/b21-20-,33-31+,41-39+. The highest BCUT2D eigenvalue weighted by Crippen LogP contribution is 2.43. The van der Waals surface area contributed by atoms with E-state index in [-0.39, 0.29) is 25.7 Å². The van der Waals surface area contributed by atoms with Gasteiger partial charge in [0.1, 0.15) is 0 Å². The lowest BCUT2D eigenvalue weighted by Gasteiger charge is -2.23. The van der Waals surface area contributed by atoms with Gasteiger partial charge in [0, 0.05) is 13.0 Å². The fourth-order valence-electron chi connectivity index (χ4n) is 7.03. The molecule has 0 fully saturated rings. The largest absolute Gasteiger partial charge is 0.472 e. The van der Waals surface area contributed by atoms with Crippen LogP contribution in [0.25, 0.3) is 0 Å². The van der Waals surface area contributed by atoms with E-state index in [1.165, 1.54) is 173 Å². The van der Waals surface area contributed by atoms with Gasteiger partial charge in [-0.3, -0.25) is 13.8 Å². The van der Waals surface area contributed by atoms with Crippen molar-refractivity contribution in [2.45, 2.75) is 244 Å². The first-order chi connectivity index (χ1) is 27.9. The maximum absolute atomic E-state index is 12.8. The zero-order valence-electron chi connectivity index (χ0n) is 37.3. The molecule has 0 rings (SSSR count). The second-order valence-corrected chi connectivity index (χ2v) is 17.8. The average Bonchev–Trinajstić information content (AvgIpc) is 3.20. The molecule has 0 spiro atoms. The number of carbonyl (C=O) groups excluding carboxylic acids is 1. The third kappa shape index (κ3) is 42.6. The van der Waals surface area contributed by atoms with Gasteiger partial charge in [-0.05, 0) is 57.8 Å². The Morgan fingerprint density at radius 1 is 0.561 bits per heavy atom. The molecule has 0 aromatic rings. The molecule has 0 aromatic heterocycles. The molecule has 8 nitrogen and oxygen atoms in total. The number of aliphatic hydroxyl groups is 1. The summed E-state index contributed by atoms with van der Waals surface area (Å²) in [4.78, 5) is 22.7. The van der Waals surface area contributed by atoms with Crippen molar-refractivity contribution in [3.05, 3.63) is 36.5 Å². The molecule has 0 saturated carbocycles. The molecule has 1 amide bonds. The van der Waals surface area contributed by atoms with Crippen LogP contribution in [0.4, 0.5) is 0 Å². The fraction of sp³-hybridized carbons (Fsp3) is 0.854. The molecule has 3 unspecified atom stereocenters. The Balaban J connectivity index is 4.12. The van der Waals surface area contributed by atoms with E-state index >= 15 is 0 Å². The number of hydrogen-bond donors (Lipinski definition) is 4. The molecule has 0 aliphatic rings. The third-order valence-electron chi connectivity index (χ3n) is 10.7. The lowest BCUT2D eigenvalue weighted by molar-refractivity contribution is -0.123. The molecule has 0 bridgehead atoms. The summed E-state index contributed by atoms with van der Waals surface area (Å²) in [7, 11) is -4.35. The number of amides is 1. The van der Waals surface area contributed by atoms with Crippen LogP contribution >= 0.6 is 7.82 Å². The first-order valence-corrected chi connectivity index (χ1v) is 25.6. The minimum atomic E-state index is -4.35. The second-order valence-electron chi connectivity index (χ2n) is 16.3. The van der Waals surface area contributed by atoms with Gasteiger partial charge in [0.25, 0.3) is 0 Å². The number of unbranched alkanes of at least 4 members (excludes halogenated alkanes) is 29. The van der Waals surface area contributed by atoms with Gasteiger partial charge >= 0.3 is 7.82 Å². The van der Waals surface area contributed by atoms with Gasteiger partial charge in [-0.2, -0.15) is 0 Å². The number of hydrogen-bond acceptors (Lipinski definition) is 6. The van der Waals surface area contributed by atoms with Crippen molar-refractivity contribution < 1.29 is 28.4 Å². The van der Waals surface area contributed by atoms with Gasteiger partial charge in [0.2, 0.25) is 5.91 Å². The zero-order valence-corrected chi connectivity index (χ0v) is 38.2. The molecular formula is C48H93N2O6P. The number of phosphoric ester groups is 1. The lowest BCUT2D eigenvalue weighted by Crippen LogP contribution is -2.45. The van der Waals surface area contributed by atoms with Crippen LogP contribution in [0.2, 0.25) is 0 Å². The molecule has 0 aliphatic carbocycles. The number of allylic oxidation sites excluding steroid dienone is 5. The minimum Gasteiger partial charge on any atom is -0.387 e. The van der Waals surface area contributed by atoms with Crippen LogP contribution in [-0.4, -0.2) is 47.8 Å². The summed E-state index contributed by atoms with van der Waals surface area (Å²) >= 11 is 0. The monoisotopic (exact) mass is 825 g/mol. The predicted molar refractivity (Wildman–Crippen MR) is 244 cm³/mol. The first kappa shape index (κ1) is 55.7. The molecule has 0 heterocycles. The molecule has 336 valence electrons. The number of phosphoric acid groups is 1. The van der Waals surface area contributed by atoms with Crippen LogP contribution in [0.15, 0.2) is 36.5 Å². The number of carbonyl (C=O) groups is 1. The molecule has 5 N–H and O–H groups in total. The van der Waals surface area contributed by atoms with Crippen LogP contribution in [0.1, 0.15) is 232 Å².